The predicted octanol–water partition coefficient (Wildman–Crippen LogP) is 2.07. The highest BCUT2D eigenvalue weighted by Gasteiger charge is 2.58. The standard InChI is InChI=1S/C19H19N3O2/c23-17(21-13-14-4-3-10-20-12-14)19(8-9-19)18(24)22-11-7-15-5-1-2-6-16(15)22/h1-6,10,12H,7-9,11,13H2,(H,21,23). The SMILES string of the molecule is O=C(NCc1cccnc1)C1(C(=O)N2CCc3ccccc32)CC1. The van der Waals surface area contributed by atoms with Gasteiger partial charge in [0.1, 0.15) is 5.41 Å². The quantitative estimate of drug-likeness (QED) is 0.877. The number of pyridine rings is 1. The van der Waals surface area contributed by atoms with Gasteiger partial charge in [0.2, 0.25) is 11.8 Å². The van der Waals surface area contributed by atoms with Crippen molar-refractivity contribution in [3.05, 3.63) is 59.9 Å². The summed E-state index contributed by atoms with van der Waals surface area (Å²) in [6.45, 7) is 1.06. The number of carbonyl (C=O) groups excluding carboxylic acids is 2. The topological polar surface area (TPSA) is 62.3 Å². The van der Waals surface area contributed by atoms with Gasteiger partial charge >= 0.3 is 0 Å². The first-order chi connectivity index (χ1) is 11.7. The fourth-order valence-electron chi connectivity index (χ4n) is 3.32. The van der Waals surface area contributed by atoms with Gasteiger partial charge in [-0.25, -0.2) is 0 Å². The van der Waals surface area contributed by atoms with E-state index in [4.69, 9.17) is 0 Å². The Hall–Kier alpha value is -2.69. The number of aromatic nitrogens is 1. The zero-order valence-electron chi connectivity index (χ0n) is 13.4. The van der Waals surface area contributed by atoms with Crippen LogP contribution < -0.4 is 10.2 Å². The minimum Gasteiger partial charge on any atom is -0.351 e. The summed E-state index contributed by atoms with van der Waals surface area (Å²) in [7, 11) is 0. The third-order valence-electron chi connectivity index (χ3n) is 4.90. The van der Waals surface area contributed by atoms with Gasteiger partial charge in [-0.05, 0) is 42.5 Å². The van der Waals surface area contributed by atoms with Gasteiger partial charge in [-0.15, -0.1) is 0 Å². The molecule has 2 heterocycles. The second kappa shape index (κ2) is 5.74. The molecule has 1 aliphatic heterocycles. The minimum absolute atomic E-state index is 0.0591. The summed E-state index contributed by atoms with van der Waals surface area (Å²) in [6, 6.07) is 11.7. The van der Waals surface area contributed by atoms with E-state index in [2.05, 4.69) is 10.3 Å². The first-order valence-corrected chi connectivity index (χ1v) is 8.28. The number of nitrogens with zero attached hydrogens (tertiary/aromatic N) is 2. The van der Waals surface area contributed by atoms with Crippen LogP contribution in [0.3, 0.4) is 0 Å². The number of anilines is 1. The van der Waals surface area contributed by atoms with E-state index in [1.54, 1.807) is 17.3 Å². The van der Waals surface area contributed by atoms with E-state index < -0.39 is 5.41 Å². The highest BCUT2D eigenvalue weighted by Crippen LogP contribution is 2.49. The third-order valence-corrected chi connectivity index (χ3v) is 4.90. The molecule has 2 amide bonds. The summed E-state index contributed by atoms with van der Waals surface area (Å²) >= 11 is 0. The van der Waals surface area contributed by atoms with Gasteiger partial charge < -0.3 is 10.2 Å². The third kappa shape index (κ3) is 2.46. The van der Waals surface area contributed by atoms with Crippen molar-refractivity contribution in [1.82, 2.24) is 10.3 Å². The Morgan fingerprint density at radius 3 is 2.75 bits per heavy atom. The number of hydrogen-bond acceptors (Lipinski definition) is 3. The zero-order chi connectivity index (χ0) is 16.6. The van der Waals surface area contributed by atoms with Crippen LogP contribution in [0.15, 0.2) is 48.8 Å². The first-order valence-electron chi connectivity index (χ1n) is 8.28. The molecule has 2 aliphatic rings. The molecule has 1 N–H and O–H groups in total. The van der Waals surface area contributed by atoms with Crippen LogP contribution in [0.2, 0.25) is 0 Å². The molecular weight excluding hydrogens is 302 g/mol. The lowest BCUT2D eigenvalue weighted by molar-refractivity contribution is -0.135. The Bertz CT molecular complexity index is 784. The van der Waals surface area contributed by atoms with Gasteiger partial charge in [0.05, 0.1) is 0 Å². The average molecular weight is 321 g/mol. The predicted molar refractivity (Wildman–Crippen MR) is 90.2 cm³/mol. The largest absolute Gasteiger partial charge is 0.351 e. The fraction of sp³-hybridized carbons (Fsp3) is 0.316. The van der Waals surface area contributed by atoms with Crippen LogP contribution in [0, 0.1) is 5.41 Å². The van der Waals surface area contributed by atoms with Crippen LogP contribution in [0.25, 0.3) is 0 Å². The van der Waals surface area contributed by atoms with Crippen molar-refractivity contribution >= 4 is 17.5 Å². The number of rotatable bonds is 4. The zero-order valence-corrected chi connectivity index (χ0v) is 13.4. The molecule has 1 fully saturated rings. The van der Waals surface area contributed by atoms with Crippen molar-refractivity contribution in [3.8, 4) is 0 Å². The van der Waals surface area contributed by atoms with E-state index in [1.807, 2.05) is 36.4 Å². The van der Waals surface area contributed by atoms with E-state index in [0.717, 1.165) is 17.7 Å². The molecule has 0 atom stereocenters. The summed E-state index contributed by atoms with van der Waals surface area (Å²) in [6.07, 6.45) is 5.53. The molecule has 0 bridgehead atoms. The number of carbonyl (C=O) groups is 2. The lowest BCUT2D eigenvalue weighted by atomic mass is 10.0. The average Bonchev–Trinajstić information content (AvgIpc) is 3.33. The molecule has 2 aromatic rings. The highest BCUT2D eigenvalue weighted by molar-refractivity contribution is 6.14. The van der Waals surface area contributed by atoms with Crippen molar-refractivity contribution in [2.45, 2.75) is 25.8 Å². The van der Waals surface area contributed by atoms with E-state index in [1.165, 1.54) is 5.56 Å². The second-order valence-electron chi connectivity index (χ2n) is 6.46. The monoisotopic (exact) mass is 321 g/mol. The molecule has 0 saturated heterocycles. The molecule has 0 unspecified atom stereocenters. The summed E-state index contributed by atoms with van der Waals surface area (Å²) in [5.74, 6) is -0.225. The maximum absolute atomic E-state index is 13.0. The Balaban J connectivity index is 1.47. The molecule has 5 heteroatoms. The van der Waals surface area contributed by atoms with Gasteiger partial charge in [0, 0.05) is 31.2 Å². The minimum atomic E-state index is -0.875. The number of benzene rings is 1. The van der Waals surface area contributed by atoms with Gasteiger partial charge in [0.15, 0.2) is 0 Å². The second-order valence-corrected chi connectivity index (χ2v) is 6.46. The summed E-state index contributed by atoms with van der Waals surface area (Å²) in [5, 5.41) is 2.90. The van der Waals surface area contributed by atoms with E-state index in [0.29, 0.717) is 25.9 Å². The summed E-state index contributed by atoms with van der Waals surface area (Å²) in [5.41, 5.74) is 2.19. The molecule has 5 nitrogen and oxygen atoms in total. The maximum atomic E-state index is 13.0. The molecule has 1 saturated carbocycles. The molecule has 1 aromatic heterocycles. The lowest BCUT2D eigenvalue weighted by Gasteiger charge is -2.23. The van der Waals surface area contributed by atoms with Crippen molar-refractivity contribution in [2.24, 2.45) is 5.41 Å². The first kappa shape index (κ1) is 14.9. The van der Waals surface area contributed by atoms with Gasteiger partial charge in [-0.3, -0.25) is 14.6 Å². The maximum Gasteiger partial charge on any atom is 0.242 e. The van der Waals surface area contributed by atoms with Gasteiger partial charge in [0.25, 0.3) is 0 Å². The molecule has 1 aromatic carbocycles. The van der Waals surface area contributed by atoms with Crippen molar-refractivity contribution in [3.63, 3.8) is 0 Å². The highest BCUT2D eigenvalue weighted by atomic mass is 16.2. The van der Waals surface area contributed by atoms with Crippen molar-refractivity contribution in [1.29, 1.82) is 0 Å². The van der Waals surface area contributed by atoms with Gasteiger partial charge in [-0.2, -0.15) is 0 Å². The molecule has 24 heavy (non-hydrogen) atoms. The van der Waals surface area contributed by atoms with Crippen molar-refractivity contribution < 1.29 is 9.59 Å². The summed E-state index contributed by atoms with van der Waals surface area (Å²) in [4.78, 5) is 31.5. The molecule has 122 valence electrons. The van der Waals surface area contributed by atoms with Crippen LogP contribution in [-0.2, 0) is 22.6 Å². The molecule has 1 aliphatic carbocycles. The fourth-order valence-corrected chi connectivity index (χ4v) is 3.32. The lowest BCUT2D eigenvalue weighted by Crippen LogP contribution is -2.44. The molecular formula is C19H19N3O2. The van der Waals surface area contributed by atoms with Crippen molar-refractivity contribution in [2.75, 3.05) is 11.4 Å². The number of para-hydroxylation sites is 1. The number of amides is 2. The molecule has 0 radical (unpaired) electrons. The van der Waals surface area contributed by atoms with Crippen LogP contribution in [-0.4, -0.2) is 23.3 Å². The number of fused-ring (bicyclic) bond motifs is 1. The normalized spacial score (nSPS) is 17.2. The molecule has 0 spiro atoms. The van der Waals surface area contributed by atoms with Crippen LogP contribution >= 0.6 is 0 Å². The Morgan fingerprint density at radius 2 is 2.00 bits per heavy atom. The van der Waals surface area contributed by atoms with E-state index in [-0.39, 0.29) is 11.8 Å². The Kier molecular flexibility index (Phi) is 3.56. The number of nitrogens with one attached hydrogen (secondary N) is 1. The number of hydrogen-bond donors (Lipinski definition) is 1. The van der Waals surface area contributed by atoms with Crippen LogP contribution in [0.5, 0.6) is 0 Å². The Labute approximate surface area is 140 Å². The van der Waals surface area contributed by atoms with Gasteiger partial charge in [-0.1, -0.05) is 24.3 Å². The Morgan fingerprint density at radius 1 is 1.17 bits per heavy atom. The summed E-state index contributed by atoms with van der Waals surface area (Å²) < 4.78 is 0. The van der Waals surface area contributed by atoms with Crippen LogP contribution in [0.1, 0.15) is 24.0 Å². The van der Waals surface area contributed by atoms with Crippen LogP contribution in [0.4, 0.5) is 5.69 Å². The van der Waals surface area contributed by atoms with E-state index in [9.17, 15) is 9.59 Å². The molecule has 4 rings (SSSR count). The van der Waals surface area contributed by atoms with E-state index >= 15 is 0 Å². The smallest absolute Gasteiger partial charge is 0.242 e.